The second kappa shape index (κ2) is 9.19. The van der Waals surface area contributed by atoms with Gasteiger partial charge in [-0.05, 0) is 35.4 Å². The van der Waals surface area contributed by atoms with Gasteiger partial charge < -0.3 is 14.6 Å². The summed E-state index contributed by atoms with van der Waals surface area (Å²) in [6, 6.07) is 10.7. The first kappa shape index (κ1) is 20.3. The number of imidazole rings is 1. The molecule has 0 aliphatic carbocycles. The average Bonchev–Trinajstić information content (AvgIpc) is 3.15. The van der Waals surface area contributed by atoms with Crippen LogP contribution in [0.5, 0.6) is 5.75 Å². The summed E-state index contributed by atoms with van der Waals surface area (Å²) >= 11 is 0. The highest BCUT2D eigenvalue weighted by molar-refractivity contribution is 5.85. The van der Waals surface area contributed by atoms with Gasteiger partial charge in [-0.3, -0.25) is 9.88 Å². The van der Waals surface area contributed by atoms with Crippen LogP contribution in [0.1, 0.15) is 17.4 Å². The number of nitrogens with zero attached hydrogens (tertiary/aromatic N) is 4. The molecule has 0 amide bonds. The van der Waals surface area contributed by atoms with Gasteiger partial charge in [-0.15, -0.1) is 12.4 Å². The van der Waals surface area contributed by atoms with Gasteiger partial charge in [0.05, 0.1) is 13.2 Å². The summed E-state index contributed by atoms with van der Waals surface area (Å²) in [5.41, 5.74) is 3.53. The molecule has 28 heavy (non-hydrogen) atoms. The van der Waals surface area contributed by atoms with Gasteiger partial charge in [0.15, 0.2) is 0 Å². The molecular formula is C21H26ClN5O. The molecule has 1 aliphatic heterocycles. The number of hydrogen-bond donors (Lipinski definition) is 1. The molecule has 1 aliphatic rings. The second-order valence-corrected chi connectivity index (χ2v) is 6.85. The quantitative estimate of drug-likeness (QED) is 0.714. The fraction of sp³-hybridized carbons (Fsp3) is 0.333. The van der Waals surface area contributed by atoms with E-state index in [4.69, 9.17) is 4.74 Å². The van der Waals surface area contributed by atoms with Crippen LogP contribution in [0, 0.1) is 0 Å². The lowest BCUT2D eigenvalue weighted by molar-refractivity contribution is 0.143. The summed E-state index contributed by atoms with van der Waals surface area (Å²) in [6.45, 7) is 3.67. The van der Waals surface area contributed by atoms with Gasteiger partial charge in [0.25, 0.3) is 0 Å². The van der Waals surface area contributed by atoms with Gasteiger partial charge in [-0.1, -0.05) is 6.07 Å². The van der Waals surface area contributed by atoms with Crippen LogP contribution < -0.4 is 10.1 Å². The first-order valence-corrected chi connectivity index (χ1v) is 9.25. The summed E-state index contributed by atoms with van der Waals surface area (Å²) in [7, 11) is 3.79. The summed E-state index contributed by atoms with van der Waals surface area (Å²) in [5.74, 6) is 2.01. The van der Waals surface area contributed by atoms with Crippen molar-refractivity contribution < 1.29 is 4.74 Å². The third-order valence-corrected chi connectivity index (χ3v) is 5.18. The minimum atomic E-state index is 0. The SMILES string of the molecule is COc1ccc(-c2ccncc2)cc1CN1CCNCC1c1nccn1C.Cl. The van der Waals surface area contributed by atoms with E-state index in [2.05, 4.69) is 50.0 Å². The van der Waals surface area contributed by atoms with Crippen molar-refractivity contribution in [3.63, 3.8) is 0 Å². The number of aromatic nitrogens is 3. The van der Waals surface area contributed by atoms with Gasteiger partial charge in [0.1, 0.15) is 11.6 Å². The highest BCUT2D eigenvalue weighted by Crippen LogP contribution is 2.30. The number of methoxy groups -OCH3 is 1. The van der Waals surface area contributed by atoms with Crippen molar-refractivity contribution in [1.29, 1.82) is 0 Å². The van der Waals surface area contributed by atoms with Crippen LogP contribution in [-0.4, -0.2) is 46.2 Å². The molecule has 1 N–H and O–H groups in total. The van der Waals surface area contributed by atoms with E-state index in [9.17, 15) is 0 Å². The number of pyridine rings is 1. The predicted molar refractivity (Wildman–Crippen MR) is 113 cm³/mol. The lowest BCUT2D eigenvalue weighted by Crippen LogP contribution is -2.46. The van der Waals surface area contributed by atoms with E-state index >= 15 is 0 Å². The van der Waals surface area contributed by atoms with E-state index in [1.807, 2.05) is 36.9 Å². The van der Waals surface area contributed by atoms with E-state index in [0.29, 0.717) is 0 Å². The van der Waals surface area contributed by atoms with Crippen molar-refractivity contribution in [1.82, 2.24) is 24.8 Å². The van der Waals surface area contributed by atoms with Crippen molar-refractivity contribution >= 4 is 12.4 Å². The topological polar surface area (TPSA) is 55.2 Å². The standard InChI is InChI=1S/C21H25N5O.ClH/c1-25-11-10-24-21(25)19-14-23-9-12-26(19)15-18-13-17(3-4-20(18)27-2)16-5-7-22-8-6-16;/h3-8,10-11,13,19,23H,9,12,14-15H2,1-2H3;1H. The van der Waals surface area contributed by atoms with Crippen molar-refractivity contribution in [3.05, 3.63) is 66.5 Å². The highest BCUT2D eigenvalue weighted by atomic mass is 35.5. The van der Waals surface area contributed by atoms with Crippen molar-refractivity contribution in [3.8, 4) is 16.9 Å². The first-order valence-electron chi connectivity index (χ1n) is 9.25. The summed E-state index contributed by atoms with van der Waals surface area (Å²) in [4.78, 5) is 11.2. The monoisotopic (exact) mass is 399 g/mol. The van der Waals surface area contributed by atoms with Gasteiger partial charge in [0.2, 0.25) is 0 Å². The molecule has 1 unspecified atom stereocenters. The van der Waals surface area contributed by atoms with Crippen LogP contribution in [0.3, 0.4) is 0 Å². The van der Waals surface area contributed by atoms with Crippen LogP contribution in [0.2, 0.25) is 0 Å². The normalized spacial score (nSPS) is 17.1. The fourth-order valence-corrected chi connectivity index (χ4v) is 3.73. The molecule has 1 aromatic carbocycles. The average molecular weight is 400 g/mol. The first-order chi connectivity index (χ1) is 13.3. The van der Waals surface area contributed by atoms with E-state index in [1.165, 1.54) is 11.1 Å². The van der Waals surface area contributed by atoms with Gasteiger partial charge >= 0.3 is 0 Å². The number of aryl methyl sites for hydroxylation is 1. The number of ether oxygens (including phenoxy) is 1. The van der Waals surface area contributed by atoms with E-state index in [1.54, 1.807) is 7.11 Å². The molecule has 148 valence electrons. The lowest BCUT2D eigenvalue weighted by atomic mass is 10.0. The van der Waals surface area contributed by atoms with E-state index in [0.717, 1.165) is 43.3 Å². The van der Waals surface area contributed by atoms with Gasteiger partial charge in [-0.2, -0.15) is 0 Å². The Labute approximate surface area is 172 Å². The van der Waals surface area contributed by atoms with Crippen molar-refractivity contribution in [2.45, 2.75) is 12.6 Å². The Morgan fingerprint density at radius 3 is 2.68 bits per heavy atom. The molecule has 0 bridgehead atoms. The third kappa shape index (κ3) is 4.19. The third-order valence-electron chi connectivity index (χ3n) is 5.18. The van der Waals surface area contributed by atoms with Gasteiger partial charge in [0, 0.05) is 63.6 Å². The summed E-state index contributed by atoms with van der Waals surface area (Å²) < 4.78 is 7.76. The highest BCUT2D eigenvalue weighted by Gasteiger charge is 2.27. The Bertz CT molecular complexity index is 899. The smallest absolute Gasteiger partial charge is 0.127 e. The van der Waals surface area contributed by atoms with Crippen LogP contribution in [-0.2, 0) is 13.6 Å². The molecule has 4 rings (SSSR count). The van der Waals surface area contributed by atoms with Crippen molar-refractivity contribution in [2.75, 3.05) is 26.7 Å². The molecule has 2 aromatic heterocycles. The zero-order chi connectivity index (χ0) is 18.6. The molecule has 0 spiro atoms. The predicted octanol–water partition coefficient (Wildman–Crippen LogP) is 3.06. The van der Waals surface area contributed by atoms with Crippen LogP contribution in [0.25, 0.3) is 11.1 Å². The minimum Gasteiger partial charge on any atom is -0.496 e. The Morgan fingerprint density at radius 1 is 1.14 bits per heavy atom. The van der Waals surface area contributed by atoms with E-state index < -0.39 is 0 Å². The molecular weight excluding hydrogens is 374 g/mol. The molecule has 1 fully saturated rings. The summed E-state index contributed by atoms with van der Waals surface area (Å²) in [5, 5.41) is 3.50. The Kier molecular flexibility index (Phi) is 6.67. The van der Waals surface area contributed by atoms with Crippen LogP contribution >= 0.6 is 12.4 Å². The number of nitrogens with one attached hydrogen (secondary N) is 1. The number of hydrogen-bond acceptors (Lipinski definition) is 5. The molecule has 0 saturated carbocycles. The van der Waals surface area contributed by atoms with Gasteiger partial charge in [-0.25, -0.2) is 4.98 Å². The number of benzene rings is 1. The fourth-order valence-electron chi connectivity index (χ4n) is 3.73. The zero-order valence-electron chi connectivity index (χ0n) is 16.2. The Balaban J connectivity index is 0.00000225. The zero-order valence-corrected chi connectivity index (χ0v) is 17.0. The maximum Gasteiger partial charge on any atom is 0.127 e. The van der Waals surface area contributed by atoms with Crippen molar-refractivity contribution in [2.24, 2.45) is 7.05 Å². The maximum absolute atomic E-state index is 5.65. The largest absolute Gasteiger partial charge is 0.496 e. The number of piperazine rings is 1. The number of halogens is 1. The molecule has 1 saturated heterocycles. The number of rotatable bonds is 5. The van der Waals surface area contributed by atoms with E-state index in [-0.39, 0.29) is 18.4 Å². The minimum absolute atomic E-state index is 0. The molecule has 3 heterocycles. The molecule has 6 nitrogen and oxygen atoms in total. The van der Waals surface area contributed by atoms with Crippen LogP contribution in [0.4, 0.5) is 0 Å². The Hall–Kier alpha value is -2.41. The molecule has 0 radical (unpaired) electrons. The summed E-state index contributed by atoms with van der Waals surface area (Å²) in [6.07, 6.45) is 7.53. The molecule has 3 aromatic rings. The second-order valence-electron chi connectivity index (χ2n) is 6.85. The maximum atomic E-state index is 5.65. The molecule has 1 atom stereocenters. The lowest BCUT2D eigenvalue weighted by Gasteiger charge is -2.36. The molecule has 7 heteroatoms. The van der Waals surface area contributed by atoms with Crippen LogP contribution in [0.15, 0.2) is 55.1 Å². The Morgan fingerprint density at radius 2 is 1.96 bits per heavy atom.